The number of hydrogen-bond acceptors (Lipinski definition) is 7. The van der Waals surface area contributed by atoms with E-state index in [1.54, 1.807) is 31.4 Å². The second-order valence-corrected chi connectivity index (χ2v) is 10.2. The van der Waals surface area contributed by atoms with E-state index in [1.807, 2.05) is 20.8 Å². The second kappa shape index (κ2) is 11.7. The Morgan fingerprint density at radius 3 is 2.50 bits per heavy atom. The molecular weight excluding hydrogens is 491 g/mol. The summed E-state index contributed by atoms with van der Waals surface area (Å²) in [6.07, 6.45) is 1.42. The van der Waals surface area contributed by atoms with Crippen LogP contribution < -0.4 is 10.1 Å². The number of amides is 2. The van der Waals surface area contributed by atoms with Crippen molar-refractivity contribution in [3.63, 3.8) is 0 Å². The number of ether oxygens (including phenoxy) is 2. The normalized spacial score (nSPS) is 16.2. The first kappa shape index (κ1) is 27.2. The van der Waals surface area contributed by atoms with Crippen molar-refractivity contribution >= 4 is 11.8 Å². The monoisotopic (exact) mass is 524 g/mol. The number of hydrogen-bond donors (Lipinski definition) is 1. The highest BCUT2D eigenvalue weighted by Crippen LogP contribution is 2.26. The number of aromatic nitrogens is 4. The summed E-state index contributed by atoms with van der Waals surface area (Å²) in [7, 11) is 1.58. The zero-order valence-corrected chi connectivity index (χ0v) is 22.1. The Hall–Kier alpha value is -3.86. The van der Waals surface area contributed by atoms with Gasteiger partial charge >= 0.3 is 0 Å². The lowest BCUT2D eigenvalue weighted by Crippen LogP contribution is -2.51. The van der Waals surface area contributed by atoms with Crippen molar-refractivity contribution in [1.29, 1.82) is 0 Å². The van der Waals surface area contributed by atoms with Crippen molar-refractivity contribution in [3.05, 3.63) is 59.9 Å². The first-order chi connectivity index (χ1) is 18.1. The number of tetrazole rings is 1. The van der Waals surface area contributed by atoms with Crippen LogP contribution in [-0.4, -0.2) is 68.8 Å². The van der Waals surface area contributed by atoms with Crippen molar-refractivity contribution in [2.24, 2.45) is 0 Å². The first-order valence-corrected chi connectivity index (χ1v) is 12.5. The molecule has 0 unspecified atom stereocenters. The molecule has 0 spiro atoms. The molecule has 0 radical (unpaired) electrons. The summed E-state index contributed by atoms with van der Waals surface area (Å²) >= 11 is 0. The second-order valence-electron chi connectivity index (χ2n) is 10.2. The number of nitrogens with zero attached hydrogens (tertiary/aromatic N) is 5. The molecule has 11 heteroatoms. The van der Waals surface area contributed by atoms with Gasteiger partial charge in [0, 0.05) is 24.3 Å². The van der Waals surface area contributed by atoms with Crippen LogP contribution in [0.3, 0.4) is 0 Å². The van der Waals surface area contributed by atoms with Crippen LogP contribution in [0.25, 0.3) is 11.4 Å². The maximum atomic E-state index is 13.8. The number of benzene rings is 2. The van der Waals surface area contributed by atoms with E-state index in [9.17, 15) is 14.0 Å². The van der Waals surface area contributed by atoms with Crippen molar-refractivity contribution < 1.29 is 23.5 Å². The van der Waals surface area contributed by atoms with Gasteiger partial charge in [-0.15, -0.1) is 10.2 Å². The van der Waals surface area contributed by atoms with Gasteiger partial charge in [-0.25, -0.2) is 4.39 Å². The highest BCUT2D eigenvalue weighted by molar-refractivity contribution is 5.89. The van der Waals surface area contributed by atoms with E-state index in [0.29, 0.717) is 23.7 Å². The van der Waals surface area contributed by atoms with Crippen LogP contribution in [0.1, 0.15) is 45.2 Å². The van der Waals surface area contributed by atoms with E-state index in [0.717, 1.165) is 18.4 Å². The van der Waals surface area contributed by atoms with Crippen molar-refractivity contribution in [2.45, 2.75) is 57.8 Å². The SMILES string of the molecule is COc1ccc(-c2nnn(CC(=O)N(C[C@H]3CCCO3)[C@H](C(=O)NC(C)(C)C)c3ccc(F)cc3)n2)cc1. The molecule has 0 aliphatic carbocycles. The van der Waals surface area contributed by atoms with Crippen LogP contribution in [0, 0.1) is 5.82 Å². The van der Waals surface area contributed by atoms with Crippen molar-refractivity contribution in [3.8, 4) is 17.1 Å². The molecule has 1 aliphatic rings. The molecule has 202 valence electrons. The fourth-order valence-corrected chi connectivity index (χ4v) is 4.29. The molecule has 2 amide bonds. The van der Waals surface area contributed by atoms with E-state index in [-0.39, 0.29) is 25.1 Å². The smallest absolute Gasteiger partial charge is 0.247 e. The fourth-order valence-electron chi connectivity index (χ4n) is 4.29. The molecule has 1 aromatic heterocycles. The summed E-state index contributed by atoms with van der Waals surface area (Å²) in [5, 5.41) is 15.5. The van der Waals surface area contributed by atoms with E-state index >= 15 is 0 Å². The minimum atomic E-state index is -1.00. The predicted molar refractivity (Wildman–Crippen MR) is 138 cm³/mol. The third-order valence-electron chi connectivity index (χ3n) is 6.07. The molecule has 0 bridgehead atoms. The molecule has 3 aromatic rings. The highest BCUT2D eigenvalue weighted by atomic mass is 19.1. The number of carbonyl (C=O) groups excluding carboxylic acids is 2. The summed E-state index contributed by atoms with van der Waals surface area (Å²) < 4.78 is 24.7. The Labute approximate surface area is 221 Å². The molecule has 1 N–H and O–H groups in total. The molecule has 4 rings (SSSR count). The van der Waals surface area contributed by atoms with E-state index in [4.69, 9.17) is 9.47 Å². The Kier molecular flexibility index (Phi) is 8.35. The van der Waals surface area contributed by atoms with Gasteiger partial charge in [-0.1, -0.05) is 12.1 Å². The summed E-state index contributed by atoms with van der Waals surface area (Å²) in [5.41, 5.74) is 0.661. The van der Waals surface area contributed by atoms with Gasteiger partial charge in [0.1, 0.15) is 24.2 Å². The number of methoxy groups -OCH3 is 1. The van der Waals surface area contributed by atoms with Gasteiger partial charge in [-0.3, -0.25) is 9.59 Å². The van der Waals surface area contributed by atoms with Crippen LogP contribution in [0.15, 0.2) is 48.5 Å². The van der Waals surface area contributed by atoms with Crippen molar-refractivity contribution in [1.82, 2.24) is 30.4 Å². The minimum absolute atomic E-state index is 0.193. The van der Waals surface area contributed by atoms with Crippen molar-refractivity contribution in [2.75, 3.05) is 20.3 Å². The topological polar surface area (TPSA) is 111 Å². The summed E-state index contributed by atoms with van der Waals surface area (Å²) in [6, 6.07) is 11.8. The number of nitrogens with one attached hydrogen (secondary N) is 1. The lowest BCUT2D eigenvalue weighted by Gasteiger charge is -2.34. The molecule has 1 aliphatic heterocycles. The molecule has 2 atom stereocenters. The average molecular weight is 525 g/mol. The Morgan fingerprint density at radius 2 is 1.89 bits per heavy atom. The largest absolute Gasteiger partial charge is 0.497 e. The quantitative estimate of drug-likeness (QED) is 0.458. The lowest BCUT2D eigenvalue weighted by atomic mass is 10.0. The van der Waals surface area contributed by atoms with E-state index in [2.05, 4.69) is 20.7 Å². The fraction of sp³-hybridized carbons (Fsp3) is 0.444. The minimum Gasteiger partial charge on any atom is -0.497 e. The molecule has 10 nitrogen and oxygen atoms in total. The molecule has 1 saturated heterocycles. The third-order valence-corrected chi connectivity index (χ3v) is 6.07. The zero-order valence-electron chi connectivity index (χ0n) is 22.1. The molecule has 0 saturated carbocycles. The van der Waals surface area contributed by atoms with Gasteiger partial charge < -0.3 is 19.7 Å². The van der Waals surface area contributed by atoms with Crippen LogP contribution >= 0.6 is 0 Å². The highest BCUT2D eigenvalue weighted by Gasteiger charge is 2.36. The number of carbonyl (C=O) groups is 2. The van der Waals surface area contributed by atoms with Gasteiger partial charge in [0.05, 0.1) is 13.2 Å². The van der Waals surface area contributed by atoms with Gasteiger partial charge in [-0.2, -0.15) is 4.80 Å². The summed E-state index contributed by atoms with van der Waals surface area (Å²) in [4.78, 5) is 30.0. The predicted octanol–water partition coefficient (Wildman–Crippen LogP) is 3.15. The molecular formula is C27H33FN6O4. The van der Waals surface area contributed by atoms with E-state index < -0.39 is 23.3 Å². The van der Waals surface area contributed by atoms with Gasteiger partial charge in [-0.05, 0) is 80.8 Å². The Morgan fingerprint density at radius 1 is 1.18 bits per heavy atom. The number of halogens is 1. The first-order valence-electron chi connectivity index (χ1n) is 12.5. The third kappa shape index (κ3) is 6.91. The van der Waals surface area contributed by atoms with Crippen LogP contribution in [0.5, 0.6) is 5.75 Å². The molecule has 38 heavy (non-hydrogen) atoms. The van der Waals surface area contributed by atoms with Gasteiger partial charge in [0.15, 0.2) is 0 Å². The summed E-state index contributed by atoms with van der Waals surface area (Å²) in [5.74, 6) is -0.148. The van der Waals surface area contributed by atoms with Gasteiger partial charge in [0.25, 0.3) is 0 Å². The molecule has 2 heterocycles. The van der Waals surface area contributed by atoms with Crippen LogP contribution in [0.4, 0.5) is 4.39 Å². The average Bonchev–Trinajstić information content (AvgIpc) is 3.56. The molecule has 2 aromatic carbocycles. The number of rotatable bonds is 9. The summed E-state index contributed by atoms with van der Waals surface area (Å²) in [6.45, 7) is 6.13. The Bertz CT molecular complexity index is 1230. The molecule has 1 fully saturated rings. The standard InChI is InChI=1S/C27H33FN6O4/c1-27(2,3)29-26(36)24(18-7-11-20(28)12-8-18)33(16-22-6-5-15-38-22)23(35)17-34-31-25(30-32-34)19-9-13-21(37-4)14-10-19/h7-14,22,24H,5-6,15-17H2,1-4H3,(H,29,36)/t22-,24+/m1/s1. The maximum absolute atomic E-state index is 13.8. The lowest BCUT2D eigenvalue weighted by molar-refractivity contribution is -0.144. The van der Waals surface area contributed by atoms with Gasteiger partial charge in [0.2, 0.25) is 17.6 Å². The van der Waals surface area contributed by atoms with E-state index in [1.165, 1.54) is 34.0 Å². The zero-order chi connectivity index (χ0) is 27.3. The maximum Gasteiger partial charge on any atom is 0.247 e. The Balaban J connectivity index is 1.63. The van der Waals surface area contributed by atoms with Crippen LogP contribution in [0.2, 0.25) is 0 Å². The van der Waals surface area contributed by atoms with Crippen LogP contribution in [-0.2, 0) is 20.9 Å².